The molecule has 2 aromatic rings. The van der Waals surface area contributed by atoms with Gasteiger partial charge in [0, 0.05) is 18.8 Å². The number of hydrogen-bond donors (Lipinski definition) is 2. The SMILES string of the molecule is C=C(N1CCC(O)CC1)C(F)(F)c1cccc(C(=O)Nc2ccc(F)c(C)c2)c1F. The summed E-state index contributed by atoms with van der Waals surface area (Å²) in [6.45, 7) is 5.31. The highest BCUT2D eigenvalue weighted by Gasteiger charge is 2.42. The molecule has 0 radical (unpaired) electrons. The van der Waals surface area contributed by atoms with Crippen LogP contribution in [-0.4, -0.2) is 35.1 Å². The second kappa shape index (κ2) is 8.47. The van der Waals surface area contributed by atoms with E-state index >= 15 is 8.78 Å². The molecule has 1 saturated heterocycles. The molecule has 8 heteroatoms. The molecule has 0 unspecified atom stereocenters. The summed E-state index contributed by atoms with van der Waals surface area (Å²) >= 11 is 0. The van der Waals surface area contributed by atoms with E-state index in [4.69, 9.17) is 0 Å². The van der Waals surface area contributed by atoms with E-state index in [9.17, 15) is 18.7 Å². The molecule has 2 aromatic carbocycles. The summed E-state index contributed by atoms with van der Waals surface area (Å²) in [5.41, 5.74) is -1.61. The molecule has 1 aliphatic rings. The number of carbonyl (C=O) groups is 1. The van der Waals surface area contributed by atoms with Crippen molar-refractivity contribution < 1.29 is 27.5 Å². The molecule has 0 spiro atoms. The molecule has 1 aliphatic heterocycles. The van der Waals surface area contributed by atoms with Crippen LogP contribution in [0, 0.1) is 18.6 Å². The van der Waals surface area contributed by atoms with Crippen LogP contribution in [0.15, 0.2) is 48.7 Å². The monoisotopic (exact) mass is 422 g/mol. The Balaban J connectivity index is 1.85. The third-order valence-electron chi connectivity index (χ3n) is 5.21. The number of anilines is 1. The molecule has 0 bridgehead atoms. The fraction of sp³-hybridized carbons (Fsp3) is 0.318. The van der Waals surface area contributed by atoms with Crippen molar-refractivity contribution in [1.82, 2.24) is 4.90 Å². The number of alkyl halides is 2. The van der Waals surface area contributed by atoms with Gasteiger partial charge in [-0.3, -0.25) is 4.79 Å². The number of aliphatic hydroxyl groups is 1. The first-order valence-electron chi connectivity index (χ1n) is 9.48. The number of aliphatic hydroxyl groups excluding tert-OH is 1. The van der Waals surface area contributed by atoms with E-state index in [1.54, 1.807) is 0 Å². The van der Waals surface area contributed by atoms with Crippen LogP contribution in [0.3, 0.4) is 0 Å². The van der Waals surface area contributed by atoms with Crippen LogP contribution >= 0.6 is 0 Å². The Morgan fingerprint density at radius 1 is 1.20 bits per heavy atom. The van der Waals surface area contributed by atoms with Gasteiger partial charge in [-0.1, -0.05) is 12.6 Å². The number of hydrogen-bond acceptors (Lipinski definition) is 3. The van der Waals surface area contributed by atoms with E-state index in [1.165, 1.54) is 30.0 Å². The zero-order valence-corrected chi connectivity index (χ0v) is 16.4. The fourth-order valence-electron chi connectivity index (χ4n) is 3.36. The van der Waals surface area contributed by atoms with Crippen molar-refractivity contribution in [2.24, 2.45) is 0 Å². The Labute approximate surface area is 171 Å². The summed E-state index contributed by atoms with van der Waals surface area (Å²) < 4.78 is 58.4. The van der Waals surface area contributed by atoms with E-state index in [2.05, 4.69) is 11.9 Å². The van der Waals surface area contributed by atoms with Crippen LogP contribution in [0.5, 0.6) is 0 Å². The number of amides is 1. The molecule has 1 heterocycles. The predicted molar refractivity (Wildman–Crippen MR) is 105 cm³/mol. The van der Waals surface area contributed by atoms with Gasteiger partial charge in [0.25, 0.3) is 5.91 Å². The number of aryl methyl sites for hydroxylation is 1. The first-order chi connectivity index (χ1) is 14.1. The number of carbonyl (C=O) groups excluding carboxylic acids is 1. The molecule has 0 aromatic heterocycles. The smallest absolute Gasteiger partial charge is 0.314 e. The normalized spacial score (nSPS) is 15.2. The Hall–Kier alpha value is -2.87. The lowest BCUT2D eigenvalue weighted by atomic mass is 9.99. The average molecular weight is 422 g/mol. The summed E-state index contributed by atoms with van der Waals surface area (Å²) in [4.78, 5) is 13.8. The van der Waals surface area contributed by atoms with Gasteiger partial charge in [0.15, 0.2) is 0 Å². The lowest BCUT2D eigenvalue weighted by Gasteiger charge is -2.36. The third kappa shape index (κ3) is 4.33. The molecule has 1 fully saturated rings. The standard InChI is InChI=1S/C22H22F4N2O2/c1-13-12-15(6-7-19(13)23)27-21(30)17-4-3-5-18(20(17)24)22(25,26)14(2)28-10-8-16(29)9-11-28/h3-7,12,16,29H,2,8-11H2,1H3,(H,27,30). The lowest BCUT2D eigenvalue weighted by molar-refractivity contribution is -0.00886. The summed E-state index contributed by atoms with van der Waals surface area (Å²) in [7, 11) is 0. The van der Waals surface area contributed by atoms with Gasteiger partial charge in [-0.15, -0.1) is 0 Å². The van der Waals surface area contributed by atoms with Crippen LogP contribution in [0.25, 0.3) is 0 Å². The average Bonchev–Trinajstić information content (AvgIpc) is 2.70. The number of benzene rings is 2. The van der Waals surface area contributed by atoms with Crippen molar-refractivity contribution in [2.45, 2.75) is 31.8 Å². The molecule has 30 heavy (non-hydrogen) atoms. The second-order valence-electron chi connectivity index (χ2n) is 7.32. The largest absolute Gasteiger partial charge is 0.393 e. The zero-order valence-electron chi connectivity index (χ0n) is 16.4. The van der Waals surface area contributed by atoms with Gasteiger partial charge >= 0.3 is 5.92 Å². The highest BCUT2D eigenvalue weighted by molar-refractivity contribution is 6.04. The minimum atomic E-state index is -3.74. The maximum Gasteiger partial charge on any atom is 0.314 e. The van der Waals surface area contributed by atoms with Gasteiger partial charge in [0.2, 0.25) is 0 Å². The molecule has 3 rings (SSSR count). The molecule has 160 valence electrons. The van der Waals surface area contributed by atoms with Crippen LogP contribution in [0.2, 0.25) is 0 Å². The summed E-state index contributed by atoms with van der Waals surface area (Å²) in [5.74, 6) is -6.49. The Morgan fingerprint density at radius 3 is 2.50 bits per heavy atom. The van der Waals surface area contributed by atoms with E-state index in [1.807, 2.05) is 0 Å². The van der Waals surface area contributed by atoms with Gasteiger partial charge in [0.1, 0.15) is 11.6 Å². The topological polar surface area (TPSA) is 52.6 Å². The van der Waals surface area contributed by atoms with Crippen molar-refractivity contribution in [1.29, 1.82) is 0 Å². The number of likely N-dealkylation sites (tertiary alicyclic amines) is 1. The molecule has 0 aliphatic carbocycles. The molecule has 1 amide bonds. The lowest BCUT2D eigenvalue weighted by Crippen LogP contribution is -2.40. The Bertz CT molecular complexity index is 970. The second-order valence-corrected chi connectivity index (χ2v) is 7.32. The third-order valence-corrected chi connectivity index (χ3v) is 5.21. The van der Waals surface area contributed by atoms with Crippen molar-refractivity contribution in [3.05, 3.63) is 77.0 Å². The number of allylic oxidation sites excluding steroid dienone is 1. The molecular weight excluding hydrogens is 400 g/mol. The van der Waals surface area contributed by atoms with E-state index < -0.39 is 46.4 Å². The summed E-state index contributed by atoms with van der Waals surface area (Å²) in [6, 6.07) is 6.98. The Kier molecular flexibility index (Phi) is 6.17. The first kappa shape index (κ1) is 21.8. The van der Waals surface area contributed by atoms with Crippen molar-refractivity contribution in [3.8, 4) is 0 Å². The van der Waals surface area contributed by atoms with Gasteiger partial charge in [0.05, 0.1) is 22.9 Å². The number of piperidine rings is 1. The maximum absolute atomic E-state index is 15.0. The fourth-order valence-corrected chi connectivity index (χ4v) is 3.36. The number of nitrogens with one attached hydrogen (secondary N) is 1. The molecule has 0 atom stereocenters. The summed E-state index contributed by atoms with van der Waals surface area (Å²) in [5, 5.41) is 11.9. The highest BCUT2D eigenvalue weighted by atomic mass is 19.3. The van der Waals surface area contributed by atoms with E-state index in [0.717, 1.165) is 18.2 Å². The maximum atomic E-state index is 15.0. The van der Waals surface area contributed by atoms with Gasteiger partial charge < -0.3 is 15.3 Å². The zero-order chi connectivity index (χ0) is 22.1. The van der Waals surface area contributed by atoms with Gasteiger partial charge in [-0.2, -0.15) is 8.78 Å². The molecule has 4 nitrogen and oxygen atoms in total. The van der Waals surface area contributed by atoms with E-state index in [0.29, 0.717) is 12.8 Å². The highest BCUT2D eigenvalue weighted by Crippen LogP contribution is 2.39. The van der Waals surface area contributed by atoms with Crippen LogP contribution in [0.1, 0.15) is 34.3 Å². The number of nitrogens with zero attached hydrogens (tertiary/aromatic N) is 1. The van der Waals surface area contributed by atoms with Gasteiger partial charge in [-0.25, -0.2) is 8.78 Å². The number of halogens is 4. The van der Waals surface area contributed by atoms with Crippen LogP contribution < -0.4 is 5.32 Å². The van der Waals surface area contributed by atoms with Crippen molar-refractivity contribution in [2.75, 3.05) is 18.4 Å². The Morgan fingerprint density at radius 2 is 1.87 bits per heavy atom. The number of rotatable bonds is 5. The van der Waals surface area contributed by atoms with Crippen molar-refractivity contribution >= 4 is 11.6 Å². The van der Waals surface area contributed by atoms with Crippen LogP contribution in [-0.2, 0) is 5.92 Å². The minimum absolute atomic E-state index is 0.182. The molecule has 0 saturated carbocycles. The molecular formula is C22H22F4N2O2. The first-order valence-corrected chi connectivity index (χ1v) is 9.48. The van der Waals surface area contributed by atoms with Crippen LogP contribution in [0.4, 0.5) is 23.2 Å². The summed E-state index contributed by atoms with van der Waals surface area (Å²) in [6.07, 6.45) is 0.0790. The van der Waals surface area contributed by atoms with Crippen molar-refractivity contribution in [3.63, 3.8) is 0 Å². The molecule has 2 N–H and O–H groups in total. The minimum Gasteiger partial charge on any atom is -0.393 e. The van der Waals surface area contributed by atoms with E-state index in [-0.39, 0.29) is 24.3 Å². The quantitative estimate of drug-likeness (QED) is 0.694. The predicted octanol–water partition coefficient (Wildman–Crippen LogP) is 4.59. The van der Waals surface area contributed by atoms with Gasteiger partial charge in [-0.05, 0) is 55.7 Å².